The van der Waals surface area contributed by atoms with Crippen molar-refractivity contribution in [3.05, 3.63) is 70.5 Å². The summed E-state index contributed by atoms with van der Waals surface area (Å²) >= 11 is 0. The first-order valence-corrected chi connectivity index (χ1v) is 11.4. The van der Waals surface area contributed by atoms with Crippen LogP contribution in [-0.4, -0.2) is 36.3 Å². The number of amides is 1. The van der Waals surface area contributed by atoms with Crippen molar-refractivity contribution in [3.63, 3.8) is 0 Å². The Morgan fingerprint density at radius 1 is 1.00 bits per heavy atom. The number of rotatable bonds is 11. The van der Waals surface area contributed by atoms with Gasteiger partial charge in [-0.05, 0) is 63.4 Å². The average molecular weight is 440 g/mol. The molecule has 0 N–H and O–H groups in total. The number of halogens is 1. The maximum absolute atomic E-state index is 14.7. The maximum atomic E-state index is 14.7. The van der Waals surface area contributed by atoms with Crippen LogP contribution in [0.4, 0.5) is 4.39 Å². The average Bonchev–Trinajstić information content (AvgIpc) is 2.80. The number of Topliss-reactive ketones (excluding diaryl/α,β-unsaturated/α-hetero) is 1. The van der Waals surface area contributed by atoms with Gasteiger partial charge < -0.3 is 9.64 Å². The molecule has 0 saturated heterocycles. The van der Waals surface area contributed by atoms with Crippen molar-refractivity contribution < 1.29 is 18.7 Å². The van der Waals surface area contributed by atoms with E-state index in [1.54, 1.807) is 50.3 Å². The molecule has 2 aromatic carbocycles. The number of hydrogen-bond donors (Lipinski definition) is 0. The molecular weight excluding hydrogens is 405 g/mol. The van der Waals surface area contributed by atoms with Crippen molar-refractivity contribution in [2.75, 3.05) is 19.7 Å². The van der Waals surface area contributed by atoms with E-state index in [-0.39, 0.29) is 11.5 Å². The number of ether oxygens (including phenoxy) is 1. The zero-order chi connectivity index (χ0) is 23.7. The van der Waals surface area contributed by atoms with Crippen molar-refractivity contribution in [1.82, 2.24) is 4.90 Å². The van der Waals surface area contributed by atoms with E-state index in [9.17, 15) is 14.0 Å². The zero-order valence-corrected chi connectivity index (χ0v) is 19.8. The fraction of sp³-hybridized carbons (Fsp3) is 0.407. The van der Waals surface area contributed by atoms with Gasteiger partial charge in [-0.1, -0.05) is 38.5 Å². The molecule has 0 heterocycles. The lowest BCUT2D eigenvalue weighted by atomic mass is 9.92. The Balaban J connectivity index is 2.32. The quantitative estimate of drug-likeness (QED) is 0.298. The van der Waals surface area contributed by atoms with Crippen molar-refractivity contribution >= 4 is 17.3 Å². The maximum Gasteiger partial charge on any atom is 0.253 e. The molecule has 5 heteroatoms. The van der Waals surface area contributed by atoms with Crippen molar-refractivity contribution in [1.29, 1.82) is 0 Å². The van der Waals surface area contributed by atoms with E-state index in [4.69, 9.17) is 4.74 Å². The summed E-state index contributed by atoms with van der Waals surface area (Å²) in [5, 5.41) is 0. The van der Waals surface area contributed by atoms with Crippen LogP contribution in [0.25, 0.3) is 5.57 Å². The number of hydrogen-bond acceptors (Lipinski definition) is 3. The fourth-order valence-electron chi connectivity index (χ4n) is 3.60. The molecule has 0 spiro atoms. The molecule has 0 saturated carbocycles. The van der Waals surface area contributed by atoms with Gasteiger partial charge >= 0.3 is 0 Å². The van der Waals surface area contributed by atoms with Crippen LogP contribution in [0.1, 0.15) is 78.8 Å². The van der Waals surface area contributed by atoms with Crippen molar-refractivity contribution in [2.45, 2.75) is 53.9 Å². The number of allylic oxidation sites excluding steroid dienone is 2. The highest BCUT2D eigenvalue weighted by Crippen LogP contribution is 2.29. The van der Waals surface area contributed by atoms with E-state index < -0.39 is 11.6 Å². The third-order valence-electron chi connectivity index (χ3n) is 5.48. The summed E-state index contributed by atoms with van der Waals surface area (Å²) in [6, 6.07) is 9.79. The summed E-state index contributed by atoms with van der Waals surface area (Å²) in [6.45, 7) is 11.4. The first kappa shape index (κ1) is 25.3. The van der Waals surface area contributed by atoms with Gasteiger partial charge in [-0.25, -0.2) is 4.39 Å². The topological polar surface area (TPSA) is 46.6 Å². The summed E-state index contributed by atoms with van der Waals surface area (Å²) < 4.78 is 20.3. The fourth-order valence-corrected chi connectivity index (χ4v) is 3.60. The van der Waals surface area contributed by atoms with Gasteiger partial charge in [0.05, 0.1) is 12.2 Å². The lowest BCUT2D eigenvalue weighted by Gasteiger charge is -2.21. The molecule has 0 atom stereocenters. The Morgan fingerprint density at radius 2 is 1.66 bits per heavy atom. The molecular formula is C27H34FNO3. The van der Waals surface area contributed by atoms with Crippen LogP contribution >= 0.6 is 0 Å². The van der Waals surface area contributed by atoms with Crippen LogP contribution < -0.4 is 4.74 Å². The monoisotopic (exact) mass is 439 g/mol. The van der Waals surface area contributed by atoms with Gasteiger partial charge in [0.1, 0.15) is 11.6 Å². The van der Waals surface area contributed by atoms with Crippen LogP contribution in [-0.2, 0) is 0 Å². The summed E-state index contributed by atoms with van der Waals surface area (Å²) in [5.74, 6) is -0.484. The Morgan fingerprint density at radius 3 is 2.22 bits per heavy atom. The number of carbonyl (C=O) groups excluding carboxylic acids is 2. The minimum atomic E-state index is -0.572. The highest BCUT2D eigenvalue weighted by Gasteiger charge is 2.22. The van der Waals surface area contributed by atoms with Gasteiger partial charge in [0.15, 0.2) is 5.78 Å². The van der Waals surface area contributed by atoms with Crippen LogP contribution in [0.2, 0.25) is 0 Å². The second-order valence-electron chi connectivity index (χ2n) is 7.74. The predicted octanol–water partition coefficient (Wildman–Crippen LogP) is 6.47. The molecule has 172 valence electrons. The number of ketones is 1. The van der Waals surface area contributed by atoms with E-state index in [1.807, 2.05) is 18.7 Å². The molecule has 32 heavy (non-hydrogen) atoms. The lowest BCUT2D eigenvalue weighted by molar-refractivity contribution is 0.0762. The first-order chi connectivity index (χ1) is 15.4. The van der Waals surface area contributed by atoms with Gasteiger partial charge in [-0.3, -0.25) is 9.59 Å². The number of nitrogens with zero attached hydrogens (tertiary/aromatic N) is 1. The lowest BCUT2D eigenvalue weighted by Crippen LogP contribution is -2.31. The molecule has 4 nitrogen and oxygen atoms in total. The highest BCUT2D eigenvalue weighted by atomic mass is 19.1. The molecule has 2 aromatic rings. The Hall–Kier alpha value is -2.95. The van der Waals surface area contributed by atoms with Crippen molar-refractivity contribution in [3.8, 4) is 5.75 Å². The highest BCUT2D eigenvalue weighted by molar-refractivity contribution is 6.29. The number of carbonyl (C=O) groups is 2. The second-order valence-corrected chi connectivity index (χ2v) is 7.74. The molecule has 0 aliphatic carbocycles. The molecule has 0 fully saturated rings. The summed E-state index contributed by atoms with van der Waals surface area (Å²) in [7, 11) is 0. The smallest absolute Gasteiger partial charge is 0.253 e. The molecule has 1 amide bonds. The Kier molecular flexibility index (Phi) is 9.63. The molecule has 0 unspecified atom stereocenters. The molecule has 0 radical (unpaired) electrons. The van der Waals surface area contributed by atoms with Gasteiger partial charge in [-0.15, -0.1) is 0 Å². The minimum absolute atomic E-state index is 0.0172. The van der Waals surface area contributed by atoms with Crippen molar-refractivity contribution in [2.24, 2.45) is 0 Å². The molecule has 0 aliphatic heterocycles. The molecule has 2 rings (SSSR count). The van der Waals surface area contributed by atoms with E-state index in [0.29, 0.717) is 41.2 Å². The first-order valence-electron chi connectivity index (χ1n) is 11.4. The second kappa shape index (κ2) is 12.2. The normalized spacial score (nSPS) is 11.4. The zero-order valence-electron chi connectivity index (χ0n) is 19.8. The van der Waals surface area contributed by atoms with Crippen LogP contribution in [0.15, 0.2) is 42.5 Å². The van der Waals surface area contributed by atoms with Crippen LogP contribution in [0.3, 0.4) is 0 Å². The summed E-state index contributed by atoms with van der Waals surface area (Å²) in [4.78, 5) is 27.9. The molecule has 0 aliphatic rings. The van der Waals surface area contributed by atoms with Gasteiger partial charge in [0.25, 0.3) is 5.91 Å². The van der Waals surface area contributed by atoms with Gasteiger partial charge in [-0.2, -0.15) is 0 Å². The summed E-state index contributed by atoms with van der Waals surface area (Å²) in [6.07, 6.45) is 4.48. The standard InChI is InChI=1S/C27H34FNO3/c1-6-10-17-29(9-4)27(31)21-13-11-20(12-14-21)22(8-3)26(30)25-19(5)24(32-18-7-2)16-15-23(25)28/h8,11-16H,6-7,9-10,17-18H2,1-5H3. The summed E-state index contributed by atoms with van der Waals surface area (Å²) in [5.41, 5.74) is 2.11. The van der Waals surface area contributed by atoms with E-state index in [1.165, 1.54) is 6.07 Å². The van der Waals surface area contributed by atoms with Gasteiger partial charge in [0, 0.05) is 29.8 Å². The SMILES string of the molecule is CC=C(C(=O)c1c(F)ccc(OCCC)c1C)c1ccc(C(=O)N(CC)CCCC)cc1. The Labute approximate surface area is 191 Å². The third-order valence-corrected chi connectivity index (χ3v) is 5.48. The number of unbranched alkanes of at least 4 members (excludes halogenated alkanes) is 1. The van der Waals surface area contributed by atoms with Crippen LogP contribution in [0.5, 0.6) is 5.75 Å². The number of benzene rings is 2. The minimum Gasteiger partial charge on any atom is -0.493 e. The molecule has 0 aromatic heterocycles. The largest absolute Gasteiger partial charge is 0.493 e. The Bertz CT molecular complexity index is 964. The van der Waals surface area contributed by atoms with Gasteiger partial charge in [0.2, 0.25) is 0 Å². The molecule has 0 bridgehead atoms. The predicted molar refractivity (Wildman–Crippen MR) is 128 cm³/mol. The third kappa shape index (κ3) is 5.84. The van der Waals surface area contributed by atoms with E-state index in [0.717, 1.165) is 25.8 Å². The van der Waals surface area contributed by atoms with Crippen LogP contribution in [0, 0.1) is 12.7 Å². The van der Waals surface area contributed by atoms with E-state index >= 15 is 0 Å². The van der Waals surface area contributed by atoms with E-state index in [2.05, 4.69) is 6.92 Å².